The number of rotatable bonds is 6. The summed E-state index contributed by atoms with van der Waals surface area (Å²) in [6.07, 6.45) is 20.4. The van der Waals surface area contributed by atoms with Gasteiger partial charge in [-0.3, -0.25) is 0 Å². The molecule has 0 rings (SSSR count). The van der Waals surface area contributed by atoms with Crippen LogP contribution >= 0.6 is 0 Å². The Balaban J connectivity index is -0.00000158. The van der Waals surface area contributed by atoms with E-state index in [1.165, 1.54) is 11.1 Å². The Bertz CT molecular complexity index is 617. The van der Waals surface area contributed by atoms with Crippen LogP contribution in [0, 0.1) is 23.7 Å². The van der Waals surface area contributed by atoms with E-state index >= 15 is 0 Å². The van der Waals surface area contributed by atoms with Gasteiger partial charge in [0, 0.05) is 0 Å². The number of aliphatic hydroxyl groups excluding tert-OH is 1. The molecule has 0 aliphatic carbocycles. The van der Waals surface area contributed by atoms with E-state index in [4.69, 9.17) is 0 Å². The monoisotopic (exact) mass is 400 g/mol. The molecule has 0 aromatic rings. The van der Waals surface area contributed by atoms with Crippen LogP contribution in [0.4, 0.5) is 0 Å². The lowest BCUT2D eigenvalue weighted by molar-refractivity contribution is 0.386. The molecule has 0 radical (unpaired) electrons. The molecule has 0 aliphatic rings. The summed E-state index contributed by atoms with van der Waals surface area (Å²) < 4.78 is 0. The lowest BCUT2D eigenvalue weighted by Crippen LogP contribution is -2.11. The van der Waals surface area contributed by atoms with Gasteiger partial charge in [0.1, 0.15) is 5.76 Å². The van der Waals surface area contributed by atoms with E-state index < -0.39 is 0 Å². The molecular formula is C28H48O. The fourth-order valence-corrected chi connectivity index (χ4v) is 2.50. The van der Waals surface area contributed by atoms with Gasteiger partial charge in [0.05, 0.1) is 0 Å². The molecule has 0 atom stereocenters. The molecule has 0 unspecified atom stereocenters. The first-order chi connectivity index (χ1) is 13.3. The van der Waals surface area contributed by atoms with Crippen LogP contribution in [-0.4, -0.2) is 5.11 Å². The van der Waals surface area contributed by atoms with Gasteiger partial charge in [-0.05, 0) is 62.5 Å². The lowest BCUT2D eigenvalue weighted by atomic mass is 9.83. The highest BCUT2D eigenvalue weighted by Gasteiger charge is 2.20. The maximum Gasteiger partial charge on any atom is 0.122 e. The number of hydrogen-bond acceptors (Lipinski definition) is 1. The Morgan fingerprint density at radius 2 is 1.38 bits per heavy atom. The van der Waals surface area contributed by atoms with E-state index in [1.54, 1.807) is 0 Å². The average molecular weight is 401 g/mol. The molecule has 29 heavy (non-hydrogen) atoms. The minimum absolute atomic E-state index is 0.0802. The van der Waals surface area contributed by atoms with Crippen molar-refractivity contribution in [3.8, 4) is 12.8 Å². The van der Waals surface area contributed by atoms with Crippen LogP contribution in [0.15, 0.2) is 58.4 Å². The molecule has 0 aromatic carbocycles. The van der Waals surface area contributed by atoms with E-state index in [0.29, 0.717) is 5.76 Å². The molecule has 1 nitrogen and oxygen atoms in total. The van der Waals surface area contributed by atoms with Crippen molar-refractivity contribution < 1.29 is 5.11 Å². The highest BCUT2D eigenvalue weighted by Crippen LogP contribution is 2.32. The normalized spacial score (nSPS) is 14.5. The molecule has 166 valence electrons. The maximum absolute atomic E-state index is 10.8. The molecule has 1 heteroatoms. The van der Waals surface area contributed by atoms with E-state index in [-0.39, 0.29) is 10.8 Å². The molecule has 0 aromatic heterocycles. The van der Waals surface area contributed by atoms with Gasteiger partial charge in [-0.1, -0.05) is 96.9 Å². The molecule has 0 amide bonds. The van der Waals surface area contributed by atoms with Gasteiger partial charge in [0.15, 0.2) is 0 Å². The van der Waals surface area contributed by atoms with Gasteiger partial charge in [0.25, 0.3) is 0 Å². The molecule has 0 aliphatic heterocycles. The predicted molar refractivity (Wildman–Crippen MR) is 135 cm³/mol. The van der Waals surface area contributed by atoms with Crippen LogP contribution in [-0.2, 0) is 0 Å². The van der Waals surface area contributed by atoms with Gasteiger partial charge in [-0.25, -0.2) is 0 Å². The summed E-state index contributed by atoms with van der Waals surface area (Å²) in [5, 5.41) is 10.8. The van der Waals surface area contributed by atoms with Crippen LogP contribution in [0.25, 0.3) is 0 Å². The van der Waals surface area contributed by atoms with Crippen molar-refractivity contribution in [1.82, 2.24) is 0 Å². The van der Waals surface area contributed by atoms with Crippen molar-refractivity contribution in [2.75, 3.05) is 0 Å². The Labute approximate surface area is 183 Å². The second-order valence-electron chi connectivity index (χ2n) is 8.89. The fraction of sp³-hybridized carbons (Fsp3) is 0.571. The van der Waals surface area contributed by atoms with Gasteiger partial charge in [0.2, 0.25) is 0 Å². The highest BCUT2D eigenvalue weighted by molar-refractivity contribution is 5.38. The zero-order chi connectivity index (χ0) is 23.8. The van der Waals surface area contributed by atoms with Crippen molar-refractivity contribution in [3.63, 3.8) is 0 Å². The molecule has 0 saturated carbocycles. The quantitative estimate of drug-likeness (QED) is 0.267. The van der Waals surface area contributed by atoms with Crippen molar-refractivity contribution >= 4 is 0 Å². The first-order valence-corrected chi connectivity index (χ1v) is 10.8. The van der Waals surface area contributed by atoms with E-state index in [1.807, 2.05) is 45.9 Å². The van der Waals surface area contributed by atoms with Crippen LogP contribution in [0.3, 0.4) is 0 Å². The molecule has 0 spiro atoms. The zero-order valence-corrected chi connectivity index (χ0v) is 21.4. The Kier molecular flexibility index (Phi) is 17.4. The maximum atomic E-state index is 10.8. The van der Waals surface area contributed by atoms with Crippen molar-refractivity contribution in [2.24, 2.45) is 10.8 Å². The van der Waals surface area contributed by atoms with Crippen molar-refractivity contribution in [2.45, 2.75) is 95.9 Å². The molecule has 0 heterocycles. The minimum atomic E-state index is -0.0802. The van der Waals surface area contributed by atoms with Gasteiger partial charge >= 0.3 is 0 Å². The molecule has 0 saturated heterocycles. The standard InChI is InChI=1S/C24H40O.C2H6.C2H2/c1-11-14-21(24(8,9)10)22(25)20(12-2)16-13-15-18(3)17-19(4)23(5,6)7;2*1-2/h11-12,14-15,17,25H,13,16H2,1-10H3;1-2H3;1-2H/b14-11+,18-15-,19-17+,20-12-,22-21-;;. The third-order valence-electron chi connectivity index (χ3n) is 4.56. The number of allylic oxidation sites excluding steroid dienone is 9. The smallest absolute Gasteiger partial charge is 0.122 e. The van der Waals surface area contributed by atoms with Crippen LogP contribution in [0.1, 0.15) is 95.9 Å². The lowest BCUT2D eigenvalue weighted by Gasteiger charge is -2.23. The van der Waals surface area contributed by atoms with Crippen LogP contribution in [0.2, 0.25) is 0 Å². The summed E-state index contributed by atoms with van der Waals surface area (Å²) in [5.41, 5.74) is 4.81. The van der Waals surface area contributed by atoms with Crippen LogP contribution < -0.4 is 0 Å². The van der Waals surface area contributed by atoms with E-state index in [0.717, 1.165) is 24.0 Å². The van der Waals surface area contributed by atoms with Crippen LogP contribution in [0.5, 0.6) is 0 Å². The van der Waals surface area contributed by atoms with Gasteiger partial charge in [-0.15, -0.1) is 12.8 Å². The van der Waals surface area contributed by atoms with E-state index in [2.05, 4.69) is 80.4 Å². The fourth-order valence-electron chi connectivity index (χ4n) is 2.50. The first kappa shape index (κ1) is 31.7. The topological polar surface area (TPSA) is 20.2 Å². The summed E-state index contributed by atoms with van der Waals surface area (Å²) in [6.45, 7) is 25.5. The zero-order valence-electron chi connectivity index (χ0n) is 21.4. The summed E-state index contributed by atoms with van der Waals surface area (Å²) in [4.78, 5) is 0. The average Bonchev–Trinajstić information content (AvgIpc) is 2.64. The summed E-state index contributed by atoms with van der Waals surface area (Å²) in [7, 11) is 0. The first-order valence-electron chi connectivity index (χ1n) is 10.8. The molecule has 0 bridgehead atoms. The molecule has 0 fully saturated rings. The van der Waals surface area contributed by atoms with E-state index in [9.17, 15) is 5.11 Å². The SMILES string of the molecule is C#C.CC.C\C=C(CC/C=C(C)\C=C(/C)C(C)(C)C)/C(O)=C(\C=C\C)C(C)(C)C. The molecular weight excluding hydrogens is 352 g/mol. The Hall–Kier alpha value is -1.94. The second-order valence-corrected chi connectivity index (χ2v) is 8.89. The summed E-state index contributed by atoms with van der Waals surface area (Å²) in [5.74, 6) is 0.431. The third-order valence-corrected chi connectivity index (χ3v) is 4.56. The largest absolute Gasteiger partial charge is 0.507 e. The van der Waals surface area contributed by atoms with Crippen molar-refractivity contribution in [1.29, 1.82) is 0 Å². The third kappa shape index (κ3) is 13.8. The van der Waals surface area contributed by atoms with Crippen molar-refractivity contribution in [3.05, 3.63) is 58.4 Å². The number of terminal acetylenes is 1. The minimum Gasteiger partial charge on any atom is -0.507 e. The van der Waals surface area contributed by atoms with Gasteiger partial charge in [-0.2, -0.15) is 0 Å². The highest BCUT2D eigenvalue weighted by atomic mass is 16.3. The second kappa shape index (κ2) is 15.9. The Morgan fingerprint density at radius 1 is 0.897 bits per heavy atom. The Morgan fingerprint density at radius 3 is 1.72 bits per heavy atom. The summed E-state index contributed by atoms with van der Waals surface area (Å²) >= 11 is 0. The van der Waals surface area contributed by atoms with Gasteiger partial charge < -0.3 is 5.11 Å². The predicted octanol–water partition coefficient (Wildman–Crippen LogP) is 9.36. The molecule has 1 N–H and O–H groups in total. The number of aliphatic hydroxyl groups is 1. The summed E-state index contributed by atoms with van der Waals surface area (Å²) in [6, 6.07) is 0. The number of hydrogen-bond donors (Lipinski definition) is 1.